The summed E-state index contributed by atoms with van der Waals surface area (Å²) < 4.78 is 29.0. The Hall–Kier alpha value is -4.12. The monoisotopic (exact) mass is 685 g/mol. The van der Waals surface area contributed by atoms with Crippen molar-refractivity contribution in [3.8, 4) is 11.1 Å². The summed E-state index contributed by atoms with van der Waals surface area (Å²) in [5, 5.41) is 13.1. The number of para-hydroxylation sites is 1. The molecule has 0 unspecified atom stereocenters. The molecule has 0 radical (unpaired) electrons. The third-order valence-corrected chi connectivity index (χ3v) is 11.4. The Balaban J connectivity index is 1.34. The molecule has 0 aliphatic carbocycles. The fraction of sp³-hybridized carbons (Fsp3) is 0.316. The molecule has 1 heterocycles. The van der Waals surface area contributed by atoms with Crippen LogP contribution in [-0.4, -0.2) is 61.6 Å². The summed E-state index contributed by atoms with van der Waals surface area (Å²) in [6, 6.07) is 28.7. The van der Waals surface area contributed by atoms with Gasteiger partial charge in [0.25, 0.3) is 0 Å². The fourth-order valence-corrected chi connectivity index (χ4v) is 8.36. The number of aromatic carboxylic acids is 1. The zero-order valence-corrected chi connectivity index (χ0v) is 29.5. The van der Waals surface area contributed by atoms with E-state index in [0.717, 1.165) is 22.4 Å². The lowest BCUT2D eigenvalue weighted by Gasteiger charge is -2.35. The van der Waals surface area contributed by atoms with Crippen LogP contribution in [0.4, 0.5) is 11.4 Å². The van der Waals surface area contributed by atoms with Crippen molar-refractivity contribution in [2.75, 3.05) is 42.1 Å². The highest BCUT2D eigenvalue weighted by Crippen LogP contribution is 2.36. The summed E-state index contributed by atoms with van der Waals surface area (Å²) in [6.45, 7) is 10.2. The Bertz CT molecular complexity index is 1860. The number of nitrogens with zero attached hydrogens (tertiary/aromatic N) is 2. The molecule has 1 aliphatic heterocycles. The van der Waals surface area contributed by atoms with Crippen molar-refractivity contribution in [2.45, 2.75) is 50.2 Å². The van der Waals surface area contributed by atoms with Crippen LogP contribution in [0.2, 0.25) is 0 Å². The molecular weight excluding hydrogens is 643 g/mol. The van der Waals surface area contributed by atoms with E-state index in [1.165, 1.54) is 21.6 Å². The van der Waals surface area contributed by atoms with E-state index in [2.05, 4.69) is 55.3 Å². The Kier molecular flexibility index (Phi) is 11.0. The smallest absolute Gasteiger partial charge is 0.336 e. The number of thioether (sulfide) groups is 1. The molecule has 0 spiro atoms. The molecule has 4 aromatic rings. The molecule has 0 bridgehead atoms. The molecule has 1 saturated heterocycles. The van der Waals surface area contributed by atoms with Crippen LogP contribution in [0, 0.1) is 6.92 Å². The van der Waals surface area contributed by atoms with E-state index in [0.29, 0.717) is 42.5 Å². The van der Waals surface area contributed by atoms with E-state index in [9.17, 15) is 23.1 Å². The van der Waals surface area contributed by atoms with Gasteiger partial charge in [0.05, 0.1) is 11.3 Å². The van der Waals surface area contributed by atoms with Crippen molar-refractivity contribution in [3.05, 3.63) is 113 Å². The molecule has 0 atom stereocenters. The number of hydrogen-bond acceptors (Lipinski definition) is 6. The Morgan fingerprint density at radius 1 is 0.875 bits per heavy atom. The summed E-state index contributed by atoms with van der Waals surface area (Å²) >= 11 is 1.38. The minimum absolute atomic E-state index is 0.0508. The van der Waals surface area contributed by atoms with Crippen LogP contribution in [0.1, 0.15) is 54.2 Å². The number of carboxylic acid groups (broad SMARTS) is 1. The van der Waals surface area contributed by atoms with Gasteiger partial charge in [-0.25, -0.2) is 13.2 Å². The summed E-state index contributed by atoms with van der Waals surface area (Å²) in [7, 11) is -3.82. The third kappa shape index (κ3) is 8.86. The molecular formula is C38H43N3O5S2. The molecule has 252 valence electrons. The summed E-state index contributed by atoms with van der Waals surface area (Å²) in [5.74, 6) is -1.34. The predicted octanol–water partition coefficient (Wildman–Crippen LogP) is 7.43. The van der Waals surface area contributed by atoms with Gasteiger partial charge >= 0.3 is 5.97 Å². The van der Waals surface area contributed by atoms with Gasteiger partial charge in [-0.1, -0.05) is 80.9 Å². The highest BCUT2D eigenvalue weighted by Gasteiger charge is 2.30. The van der Waals surface area contributed by atoms with Crippen LogP contribution in [0.15, 0.2) is 95.9 Å². The maximum Gasteiger partial charge on any atom is 0.336 e. The number of carbonyl (C=O) groups is 2. The first-order chi connectivity index (χ1) is 22.8. The number of anilines is 2. The van der Waals surface area contributed by atoms with E-state index in [1.54, 1.807) is 12.1 Å². The summed E-state index contributed by atoms with van der Waals surface area (Å²) in [4.78, 5) is 28.0. The van der Waals surface area contributed by atoms with Crippen LogP contribution in [0.5, 0.6) is 0 Å². The fourth-order valence-electron chi connectivity index (χ4n) is 5.78. The minimum Gasteiger partial charge on any atom is -0.478 e. The average molecular weight is 686 g/mol. The second-order valence-corrected chi connectivity index (χ2v) is 16.2. The Morgan fingerprint density at radius 3 is 2.19 bits per heavy atom. The molecule has 8 nitrogen and oxygen atoms in total. The van der Waals surface area contributed by atoms with Crippen molar-refractivity contribution in [1.82, 2.24) is 4.31 Å². The molecule has 0 saturated carbocycles. The first-order valence-electron chi connectivity index (χ1n) is 16.1. The van der Waals surface area contributed by atoms with Crippen molar-refractivity contribution in [1.29, 1.82) is 0 Å². The molecule has 4 aromatic carbocycles. The number of piperazine rings is 1. The number of benzene rings is 4. The normalized spacial score (nSPS) is 14.1. The molecule has 0 aromatic heterocycles. The molecule has 1 fully saturated rings. The van der Waals surface area contributed by atoms with Gasteiger partial charge in [-0.3, -0.25) is 4.79 Å². The predicted molar refractivity (Wildman–Crippen MR) is 196 cm³/mol. The zero-order valence-electron chi connectivity index (χ0n) is 27.9. The average Bonchev–Trinajstić information content (AvgIpc) is 3.05. The number of carbonyl (C=O) groups excluding carboxylic acids is 1. The van der Waals surface area contributed by atoms with E-state index >= 15 is 0 Å². The first-order valence-corrected chi connectivity index (χ1v) is 18.7. The molecule has 1 amide bonds. The lowest BCUT2D eigenvalue weighted by Crippen LogP contribution is -2.49. The van der Waals surface area contributed by atoms with Gasteiger partial charge in [-0.15, -0.1) is 11.8 Å². The van der Waals surface area contributed by atoms with Gasteiger partial charge in [0.1, 0.15) is 0 Å². The van der Waals surface area contributed by atoms with E-state index in [-0.39, 0.29) is 28.9 Å². The number of nitrogens with one attached hydrogen (secondary N) is 1. The SMILES string of the molecule is Cc1cccc(-c2cc(CS(=O)(=O)N3CCN(c4ccc(C(C)(C)C)cc4)CC3)c(C(=O)O)cc2SCCC(=O)Nc2ccccc2)c1. The lowest BCUT2D eigenvalue weighted by molar-refractivity contribution is -0.115. The van der Waals surface area contributed by atoms with Gasteiger partial charge in [-0.05, 0) is 71.0 Å². The number of carboxylic acids is 1. The molecule has 1 aliphatic rings. The van der Waals surface area contributed by atoms with Crippen molar-refractivity contribution in [3.63, 3.8) is 0 Å². The Morgan fingerprint density at radius 2 is 1.56 bits per heavy atom. The van der Waals surface area contributed by atoms with E-state index < -0.39 is 21.7 Å². The largest absolute Gasteiger partial charge is 0.478 e. The summed E-state index contributed by atoms with van der Waals surface area (Å²) in [5.41, 5.74) is 5.87. The number of aryl methyl sites for hydroxylation is 1. The van der Waals surface area contributed by atoms with Crippen LogP contribution < -0.4 is 10.2 Å². The number of amides is 1. The van der Waals surface area contributed by atoms with Gasteiger partial charge in [0.15, 0.2) is 0 Å². The second-order valence-electron chi connectivity index (χ2n) is 13.1. The number of hydrogen-bond donors (Lipinski definition) is 2. The highest BCUT2D eigenvalue weighted by atomic mass is 32.2. The van der Waals surface area contributed by atoms with Crippen molar-refractivity contribution in [2.24, 2.45) is 0 Å². The van der Waals surface area contributed by atoms with Crippen LogP contribution >= 0.6 is 11.8 Å². The van der Waals surface area contributed by atoms with Crippen LogP contribution in [0.3, 0.4) is 0 Å². The molecule has 5 rings (SSSR count). The number of sulfonamides is 1. The molecule has 48 heavy (non-hydrogen) atoms. The van der Waals surface area contributed by atoms with Crippen molar-refractivity contribution < 1.29 is 23.1 Å². The lowest BCUT2D eigenvalue weighted by atomic mass is 9.87. The van der Waals surface area contributed by atoms with Gasteiger partial charge in [0, 0.05) is 54.6 Å². The van der Waals surface area contributed by atoms with E-state index in [4.69, 9.17) is 0 Å². The van der Waals surface area contributed by atoms with E-state index in [1.807, 2.05) is 61.5 Å². The van der Waals surface area contributed by atoms with Gasteiger partial charge < -0.3 is 15.3 Å². The van der Waals surface area contributed by atoms with Crippen molar-refractivity contribution >= 4 is 45.0 Å². The van der Waals surface area contributed by atoms with Gasteiger partial charge in [-0.2, -0.15) is 4.31 Å². The highest BCUT2D eigenvalue weighted by molar-refractivity contribution is 7.99. The second kappa shape index (κ2) is 15.0. The first kappa shape index (κ1) is 35.2. The minimum atomic E-state index is -3.82. The van der Waals surface area contributed by atoms with Crippen LogP contribution in [0.25, 0.3) is 11.1 Å². The van der Waals surface area contributed by atoms with Gasteiger partial charge in [0.2, 0.25) is 15.9 Å². The zero-order chi connectivity index (χ0) is 34.5. The maximum atomic E-state index is 13.8. The molecule has 10 heteroatoms. The quantitative estimate of drug-likeness (QED) is 0.158. The maximum absolute atomic E-state index is 13.8. The Labute approximate surface area is 288 Å². The van der Waals surface area contributed by atoms with Crippen LogP contribution in [-0.2, 0) is 26.0 Å². The standard InChI is InChI=1S/C38H43N3O5S2/c1-27-9-8-10-28(23-27)33-24-29(34(37(43)44)25-35(33)47-22-17-36(42)39-31-11-6-5-7-12-31)26-48(45,46)41-20-18-40(19-21-41)32-15-13-30(14-16-32)38(2,3)4/h5-16,23-25H,17-22,26H2,1-4H3,(H,39,42)(H,43,44). The number of rotatable bonds is 11. The summed E-state index contributed by atoms with van der Waals surface area (Å²) in [6.07, 6.45) is 0.220. The third-order valence-electron chi connectivity index (χ3n) is 8.48. The molecule has 2 N–H and O–H groups in total. The topological polar surface area (TPSA) is 107 Å².